The number of nitrogens with zero attached hydrogens (tertiary/aromatic N) is 2. The summed E-state index contributed by atoms with van der Waals surface area (Å²) in [7, 11) is 1.52. The molecule has 1 aromatic rings. The molecule has 0 bridgehead atoms. The first-order valence-corrected chi connectivity index (χ1v) is 5.56. The van der Waals surface area contributed by atoms with Crippen LogP contribution in [0.15, 0.2) is 18.3 Å². The predicted molar refractivity (Wildman–Crippen MR) is 67.5 cm³/mol. The lowest BCUT2D eigenvalue weighted by Gasteiger charge is -2.14. The summed E-state index contributed by atoms with van der Waals surface area (Å²) < 4.78 is 0. The van der Waals surface area contributed by atoms with E-state index in [9.17, 15) is 14.4 Å². The lowest BCUT2D eigenvalue weighted by molar-refractivity contribution is -0.136. The van der Waals surface area contributed by atoms with Crippen LogP contribution in [-0.2, 0) is 20.8 Å². The van der Waals surface area contributed by atoms with Gasteiger partial charge in [0.25, 0.3) is 0 Å². The lowest BCUT2D eigenvalue weighted by Crippen LogP contribution is -2.33. The molecule has 1 aromatic heterocycles. The predicted octanol–water partition coefficient (Wildman–Crippen LogP) is 0.125. The van der Waals surface area contributed by atoms with Gasteiger partial charge in [0.05, 0.1) is 30.5 Å². The Kier molecular flexibility index (Phi) is 4.99. The monoisotopic (exact) mass is 265 g/mol. The van der Waals surface area contributed by atoms with Crippen molar-refractivity contribution in [2.24, 2.45) is 0 Å². The molecule has 2 N–H and O–H groups in total. The van der Waals surface area contributed by atoms with Crippen molar-refractivity contribution < 1.29 is 19.5 Å². The van der Waals surface area contributed by atoms with E-state index in [0.717, 1.165) is 0 Å². The summed E-state index contributed by atoms with van der Waals surface area (Å²) in [5.41, 5.74) is 0.863. The van der Waals surface area contributed by atoms with Gasteiger partial charge in [-0.1, -0.05) is 0 Å². The van der Waals surface area contributed by atoms with Gasteiger partial charge in [0.15, 0.2) is 0 Å². The Morgan fingerprint density at radius 1 is 1.37 bits per heavy atom. The first-order valence-electron chi connectivity index (χ1n) is 5.56. The highest BCUT2D eigenvalue weighted by Crippen LogP contribution is 2.06. The van der Waals surface area contributed by atoms with Crippen molar-refractivity contribution >= 4 is 23.5 Å². The molecule has 1 heterocycles. The fourth-order valence-electron chi connectivity index (χ4n) is 1.29. The number of nitrogens with one attached hydrogen (secondary N) is 1. The van der Waals surface area contributed by atoms with Crippen LogP contribution in [0.1, 0.15) is 12.6 Å². The molecular weight excluding hydrogens is 250 g/mol. The highest BCUT2D eigenvalue weighted by Gasteiger charge is 2.09. The second kappa shape index (κ2) is 6.48. The van der Waals surface area contributed by atoms with Crippen LogP contribution in [0.5, 0.6) is 0 Å². The smallest absolute Gasteiger partial charge is 0.309 e. The summed E-state index contributed by atoms with van der Waals surface area (Å²) in [5.74, 6) is -1.51. The lowest BCUT2D eigenvalue weighted by atomic mass is 10.2. The van der Waals surface area contributed by atoms with Crippen molar-refractivity contribution in [2.75, 3.05) is 18.9 Å². The van der Waals surface area contributed by atoms with E-state index in [4.69, 9.17) is 5.11 Å². The minimum Gasteiger partial charge on any atom is -0.481 e. The quantitative estimate of drug-likeness (QED) is 0.788. The topological polar surface area (TPSA) is 99.6 Å². The number of carboxylic acids is 1. The molecule has 0 saturated carbocycles. The van der Waals surface area contributed by atoms with E-state index in [0.29, 0.717) is 11.4 Å². The zero-order valence-corrected chi connectivity index (χ0v) is 10.7. The molecule has 0 spiro atoms. The largest absolute Gasteiger partial charge is 0.481 e. The van der Waals surface area contributed by atoms with Gasteiger partial charge in [0.2, 0.25) is 11.8 Å². The molecule has 2 amide bonds. The summed E-state index contributed by atoms with van der Waals surface area (Å²) in [6.07, 6.45) is 1.21. The molecule has 0 aliphatic carbocycles. The number of carbonyl (C=O) groups excluding carboxylic acids is 2. The fourth-order valence-corrected chi connectivity index (χ4v) is 1.29. The van der Waals surface area contributed by atoms with E-state index < -0.39 is 5.97 Å². The number of anilines is 1. The first-order chi connectivity index (χ1) is 8.88. The Morgan fingerprint density at radius 2 is 2.05 bits per heavy atom. The number of hydrogen-bond donors (Lipinski definition) is 2. The van der Waals surface area contributed by atoms with Crippen LogP contribution >= 0.6 is 0 Å². The van der Waals surface area contributed by atoms with Gasteiger partial charge in [0.1, 0.15) is 0 Å². The van der Waals surface area contributed by atoms with Gasteiger partial charge in [-0.25, -0.2) is 0 Å². The van der Waals surface area contributed by atoms with Gasteiger partial charge in [-0.05, 0) is 12.1 Å². The molecule has 0 aromatic carbocycles. The van der Waals surface area contributed by atoms with Crippen LogP contribution in [0.4, 0.5) is 5.69 Å². The van der Waals surface area contributed by atoms with E-state index in [-0.39, 0.29) is 24.8 Å². The molecule has 0 aliphatic heterocycles. The van der Waals surface area contributed by atoms with Crippen LogP contribution in [-0.4, -0.2) is 46.4 Å². The number of aromatic nitrogens is 1. The molecule has 0 aliphatic rings. The van der Waals surface area contributed by atoms with Gasteiger partial charge in [0, 0.05) is 14.0 Å². The van der Waals surface area contributed by atoms with Gasteiger partial charge < -0.3 is 15.3 Å². The second-order valence-electron chi connectivity index (χ2n) is 4.03. The number of aliphatic carboxylic acids is 1. The third-order valence-corrected chi connectivity index (χ3v) is 2.36. The SMILES string of the molecule is CC(=O)N(C)CC(=O)Nc1ccc(CC(=O)O)nc1. The Labute approximate surface area is 110 Å². The Morgan fingerprint density at radius 3 is 2.53 bits per heavy atom. The van der Waals surface area contributed by atoms with E-state index >= 15 is 0 Å². The van der Waals surface area contributed by atoms with Crippen molar-refractivity contribution in [3.05, 3.63) is 24.0 Å². The van der Waals surface area contributed by atoms with Crippen molar-refractivity contribution in [3.63, 3.8) is 0 Å². The average Bonchev–Trinajstić information content (AvgIpc) is 2.30. The second-order valence-corrected chi connectivity index (χ2v) is 4.03. The van der Waals surface area contributed by atoms with Crippen LogP contribution < -0.4 is 5.32 Å². The molecule has 7 nitrogen and oxygen atoms in total. The van der Waals surface area contributed by atoms with Crippen LogP contribution in [0, 0.1) is 0 Å². The molecule has 1 rings (SSSR count). The molecular formula is C12H15N3O4. The van der Waals surface area contributed by atoms with Crippen molar-refractivity contribution in [2.45, 2.75) is 13.3 Å². The zero-order chi connectivity index (χ0) is 14.4. The maximum Gasteiger partial charge on any atom is 0.309 e. The molecule has 19 heavy (non-hydrogen) atoms. The first kappa shape index (κ1) is 14.6. The van der Waals surface area contributed by atoms with Gasteiger partial charge in [-0.15, -0.1) is 0 Å². The zero-order valence-electron chi connectivity index (χ0n) is 10.7. The average molecular weight is 265 g/mol. The van der Waals surface area contributed by atoms with Crippen LogP contribution in [0.2, 0.25) is 0 Å². The minimum atomic E-state index is -0.965. The summed E-state index contributed by atoms with van der Waals surface area (Å²) in [6.45, 7) is 1.32. The molecule has 102 valence electrons. The van der Waals surface area contributed by atoms with Gasteiger partial charge in [-0.2, -0.15) is 0 Å². The molecule has 7 heteroatoms. The van der Waals surface area contributed by atoms with Crippen LogP contribution in [0.25, 0.3) is 0 Å². The molecule has 0 unspecified atom stereocenters. The number of amides is 2. The normalized spacial score (nSPS) is 9.79. The fraction of sp³-hybridized carbons (Fsp3) is 0.333. The van der Waals surface area contributed by atoms with E-state index in [2.05, 4.69) is 10.3 Å². The highest BCUT2D eigenvalue weighted by molar-refractivity contribution is 5.94. The highest BCUT2D eigenvalue weighted by atomic mass is 16.4. The van der Waals surface area contributed by atoms with E-state index in [1.54, 1.807) is 6.07 Å². The minimum absolute atomic E-state index is 0.0494. The number of pyridine rings is 1. The molecule has 0 radical (unpaired) electrons. The van der Waals surface area contributed by atoms with Crippen molar-refractivity contribution in [1.29, 1.82) is 0 Å². The number of hydrogen-bond acceptors (Lipinski definition) is 4. The number of carboxylic acid groups (broad SMARTS) is 1. The summed E-state index contributed by atoms with van der Waals surface area (Å²) in [5, 5.41) is 11.2. The Bertz CT molecular complexity index is 484. The van der Waals surface area contributed by atoms with Gasteiger partial charge >= 0.3 is 5.97 Å². The maximum atomic E-state index is 11.6. The van der Waals surface area contributed by atoms with E-state index in [1.807, 2.05) is 0 Å². The number of rotatable bonds is 5. The third kappa shape index (κ3) is 5.15. The summed E-state index contributed by atoms with van der Waals surface area (Å²) in [4.78, 5) is 38.2. The summed E-state index contributed by atoms with van der Waals surface area (Å²) in [6, 6.07) is 3.09. The summed E-state index contributed by atoms with van der Waals surface area (Å²) >= 11 is 0. The molecule has 0 fully saturated rings. The third-order valence-electron chi connectivity index (χ3n) is 2.36. The molecule has 0 saturated heterocycles. The standard InChI is InChI=1S/C12H15N3O4/c1-8(16)15(2)7-11(17)14-10-4-3-9(13-6-10)5-12(18)19/h3-4,6H,5,7H2,1-2H3,(H,14,17)(H,18,19). The molecule has 0 atom stereocenters. The van der Waals surface area contributed by atoms with Gasteiger partial charge in [-0.3, -0.25) is 19.4 Å². The van der Waals surface area contributed by atoms with Crippen molar-refractivity contribution in [1.82, 2.24) is 9.88 Å². The Hall–Kier alpha value is -2.44. The Balaban J connectivity index is 2.55. The maximum absolute atomic E-state index is 11.6. The number of likely N-dealkylation sites (N-methyl/N-ethyl adjacent to an activating group) is 1. The van der Waals surface area contributed by atoms with E-state index in [1.165, 1.54) is 31.1 Å². The number of carbonyl (C=O) groups is 3. The van der Waals surface area contributed by atoms with Crippen LogP contribution in [0.3, 0.4) is 0 Å². The van der Waals surface area contributed by atoms with Crippen molar-refractivity contribution in [3.8, 4) is 0 Å².